The van der Waals surface area contributed by atoms with Crippen LogP contribution in [0.25, 0.3) is 6.08 Å². The van der Waals surface area contributed by atoms with Crippen LogP contribution < -0.4 is 15.1 Å². The number of fused-ring (bicyclic) bond motifs is 4. The summed E-state index contributed by atoms with van der Waals surface area (Å²) in [5.74, 6) is -6.53. The molecule has 15 heteroatoms. The number of aromatic nitrogens is 1. The first kappa shape index (κ1) is 38.4. The van der Waals surface area contributed by atoms with Gasteiger partial charge in [0.25, 0.3) is 11.8 Å². The summed E-state index contributed by atoms with van der Waals surface area (Å²) < 4.78 is 46.1. The molecule has 1 saturated carbocycles. The van der Waals surface area contributed by atoms with E-state index in [0.717, 1.165) is 10.6 Å². The summed E-state index contributed by atoms with van der Waals surface area (Å²) in [6, 6.07) is 20.9. The third-order valence-electron chi connectivity index (χ3n) is 11.5. The molecule has 2 aliphatic heterocycles. The number of carbonyl (C=O) groups excluding carboxylic acids is 4. The van der Waals surface area contributed by atoms with Crippen molar-refractivity contribution in [1.29, 1.82) is 0 Å². The maximum absolute atomic E-state index is 15.3. The fraction of sp³-hybridized carbons (Fsp3) is 0.262. The van der Waals surface area contributed by atoms with Gasteiger partial charge in [-0.3, -0.25) is 29.5 Å². The van der Waals surface area contributed by atoms with E-state index in [1.165, 1.54) is 4.90 Å². The second-order valence-electron chi connectivity index (χ2n) is 14.4. The van der Waals surface area contributed by atoms with Crippen LogP contribution >= 0.6 is 23.2 Å². The molecule has 292 valence electrons. The number of rotatable bonds is 9. The number of hydrogen-bond donors (Lipinski definition) is 2. The Hall–Kier alpha value is -5.50. The van der Waals surface area contributed by atoms with Crippen molar-refractivity contribution < 1.29 is 42.2 Å². The fourth-order valence-electron chi connectivity index (χ4n) is 9.09. The molecule has 4 aliphatic rings. The fourth-order valence-corrected chi connectivity index (χ4v) is 9.43. The number of nitrogens with one attached hydrogen (secondary N) is 1. The number of allylic oxidation sites excluding steroid dienone is 2. The number of amides is 4. The number of aliphatic hydroxyl groups is 1. The number of anilines is 2. The SMILES string of the molecule is C=Cc1ccc(N2C(=O)C3CC=C4C(CC5C(=O)N(Nc6ncc(C(F)(F)F)cc6Cl)C(=O)C5(c5ccc(Cl)cc5)C4c4ccc(OCCO)cc4)C3C2=O)cc1. The van der Waals surface area contributed by atoms with Gasteiger partial charge in [-0.05, 0) is 77.9 Å². The van der Waals surface area contributed by atoms with E-state index in [2.05, 4.69) is 17.0 Å². The van der Waals surface area contributed by atoms with Crippen molar-refractivity contribution in [2.24, 2.45) is 23.7 Å². The summed E-state index contributed by atoms with van der Waals surface area (Å²) in [6.45, 7) is 3.58. The van der Waals surface area contributed by atoms with Crippen LogP contribution in [0.2, 0.25) is 10.0 Å². The second-order valence-corrected chi connectivity index (χ2v) is 15.2. The topological polar surface area (TPSA) is 129 Å². The van der Waals surface area contributed by atoms with E-state index in [9.17, 15) is 32.7 Å². The molecule has 4 amide bonds. The first-order chi connectivity index (χ1) is 27.3. The number of benzene rings is 3. The van der Waals surface area contributed by atoms with Gasteiger partial charge in [0.15, 0.2) is 5.82 Å². The first-order valence-corrected chi connectivity index (χ1v) is 18.8. The van der Waals surface area contributed by atoms with Gasteiger partial charge < -0.3 is 9.84 Å². The van der Waals surface area contributed by atoms with Crippen LogP contribution in [0.15, 0.2) is 103 Å². The Bertz CT molecular complexity index is 2340. The number of hydrazine groups is 1. The zero-order chi connectivity index (χ0) is 40.4. The molecule has 3 fully saturated rings. The average Bonchev–Trinajstić information content (AvgIpc) is 3.58. The molecular formula is C42H33Cl2F3N4O6. The van der Waals surface area contributed by atoms with Gasteiger partial charge in [0.1, 0.15) is 12.4 Å². The zero-order valence-electron chi connectivity index (χ0n) is 29.9. The number of nitrogens with zero attached hydrogens (tertiary/aromatic N) is 3. The van der Waals surface area contributed by atoms with Crippen LogP contribution in [0.4, 0.5) is 24.7 Å². The quantitative estimate of drug-likeness (QED) is 0.131. The number of aliphatic hydroxyl groups excluding tert-OH is 1. The summed E-state index contributed by atoms with van der Waals surface area (Å²) in [5, 5.41) is 9.97. The molecule has 2 aliphatic carbocycles. The van der Waals surface area contributed by atoms with Crippen LogP contribution in [-0.2, 0) is 30.8 Å². The standard InChI is InChI=1S/C42H33Cl2F3N4O6/c1-2-22-3-11-27(12-4-22)50-37(53)30-16-15-29-31(34(30)39(50)55)20-32-38(54)51(49-36-33(44)19-25(21-48-36)42(45,46)47)40(56)41(32,24-7-9-26(43)10-8-24)35(29)23-5-13-28(14-6-23)57-18-17-52/h2-15,19,21,30-32,34-35,52H,1,16-18,20H2,(H,48,49). The van der Waals surface area contributed by atoms with Crippen LogP contribution in [0.1, 0.15) is 41.0 Å². The van der Waals surface area contributed by atoms with E-state index in [-0.39, 0.29) is 37.8 Å². The smallest absolute Gasteiger partial charge is 0.417 e. The zero-order valence-corrected chi connectivity index (χ0v) is 31.4. The van der Waals surface area contributed by atoms with E-state index in [0.29, 0.717) is 45.4 Å². The number of imide groups is 2. The van der Waals surface area contributed by atoms with Crippen molar-refractivity contribution in [3.05, 3.63) is 136 Å². The number of hydrogen-bond acceptors (Lipinski definition) is 8. The Balaban J connectivity index is 1.29. The van der Waals surface area contributed by atoms with Crippen LogP contribution in [0, 0.1) is 23.7 Å². The normalized spacial score (nSPS) is 25.5. The van der Waals surface area contributed by atoms with Crippen LogP contribution in [-0.4, -0.2) is 51.9 Å². The Morgan fingerprint density at radius 1 is 0.947 bits per heavy atom. The Morgan fingerprint density at radius 2 is 1.65 bits per heavy atom. The number of ether oxygens (including phenoxy) is 1. The van der Waals surface area contributed by atoms with Gasteiger partial charge in [-0.15, -0.1) is 0 Å². The van der Waals surface area contributed by atoms with E-state index in [1.807, 2.05) is 6.08 Å². The molecule has 6 atom stereocenters. The summed E-state index contributed by atoms with van der Waals surface area (Å²) in [7, 11) is 0. The summed E-state index contributed by atoms with van der Waals surface area (Å²) >= 11 is 12.6. The molecule has 0 bridgehead atoms. The molecular weight excluding hydrogens is 784 g/mol. The van der Waals surface area contributed by atoms with E-state index >= 15 is 4.79 Å². The first-order valence-electron chi connectivity index (χ1n) is 18.1. The molecule has 10 nitrogen and oxygen atoms in total. The molecule has 2 N–H and O–H groups in total. The van der Waals surface area contributed by atoms with Crippen LogP contribution in [0.3, 0.4) is 0 Å². The maximum Gasteiger partial charge on any atom is 0.417 e. The largest absolute Gasteiger partial charge is 0.491 e. The molecule has 3 heterocycles. The molecule has 1 aromatic heterocycles. The third kappa shape index (κ3) is 6.19. The third-order valence-corrected chi connectivity index (χ3v) is 12.1. The predicted octanol–water partition coefficient (Wildman–Crippen LogP) is 7.61. The molecule has 8 rings (SSSR count). The maximum atomic E-state index is 15.3. The molecule has 3 aromatic carbocycles. The van der Waals surface area contributed by atoms with Crippen molar-refractivity contribution in [1.82, 2.24) is 9.99 Å². The highest BCUT2D eigenvalue weighted by atomic mass is 35.5. The van der Waals surface area contributed by atoms with Gasteiger partial charge in [0.05, 0.1) is 46.0 Å². The highest BCUT2D eigenvalue weighted by Gasteiger charge is 2.70. The minimum Gasteiger partial charge on any atom is -0.491 e. The minimum absolute atomic E-state index is 0.0248. The molecule has 57 heavy (non-hydrogen) atoms. The van der Waals surface area contributed by atoms with E-state index in [1.54, 1.807) is 78.9 Å². The predicted molar refractivity (Wildman–Crippen MR) is 205 cm³/mol. The van der Waals surface area contributed by atoms with Crippen molar-refractivity contribution in [2.75, 3.05) is 23.5 Å². The van der Waals surface area contributed by atoms with Crippen molar-refractivity contribution in [3.8, 4) is 5.75 Å². The lowest BCUT2D eigenvalue weighted by Crippen LogP contribution is -2.53. The number of alkyl halides is 3. The number of pyridine rings is 1. The highest BCUT2D eigenvalue weighted by molar-refractivity contribution is 6.33. The Labute approximate surface area is 334 Å². The van der Waals surface area contributed by atoms with E-state index in [4.69, 9.17) is 27.9 Å². The lowest BCUT2D eigenvalue weighted by Gasteiger charge is -2.50. The van der Waals surface area contributed by atoms with E-state index < -0.39 is 69.5 Å². The average molecular weight is 818 g/mol. The molecule has 4 aromatic rings. The number of carbonyl (C=O) groups is 4. The molecule has 0 spiro atoms. The van der Waals surface area contributed by atoms with Gasteiger partial charge in [0, 0.05) is 17.1 Å². The van der Waals surface area contributed by atoms with Crippen molar-refractivity contribution in [3.63, 3.8) is 0 Å². The minimum atomic E-state index is -4.75. The van der Waals surface area contributed by atoms with Gasteiger partial charge in [-0.2, -0.15) is 18.2 Å². The number of halogens is 5. The van der Waals surface area contributed by atoms with Gasteiger partial charge in [-0.1, -0.05) is 83.9 Å². The summed E-state index contributed by atoms with van der Waals surface area (Å²) in [4.78, 5) is 63.9. The summed E-state index contributed by atoms with van der Waals surface area (Å²) in [6.07, 6.45) is -0.495. The Kier molecular flexibility index (Phi) is 9.74. The van der Waals surface area contributed by atoms with Crippen molar-refractivity contribution in [2.45, 2.75) is 30.4 Å². The highest BCUT2D eigenvalue weighted by Crippen LogP contribution is 2.64. The molecule has 6 unspecified atom stereocenters. The Morgan fingerprint density at radius 3 is 2.28 bits per heavy atom. The van der Waals surface area contributed by atoms with Gasteiger partial charge in [-0.25, -0.2) is 4.98 Å². The monoisotopic (exact) mass is 816 g/mol. The van der Waals surface area contributed by atoms with Crippen molar-refractivity contribution >= 4 is 64.4 Å². The van der Waals surface area contributed by atoms with Crippen LogP contribution in [0.5, 0.6) is 5.75 Å². The lowest BCUT2D eigenvalue weighted by molar-refractivity contribution is -0.139. The lowest BCUT2D eigenvalue weighted by atomic mass is 9.49. The molecule has 0 radical (unpaired) electrons. The second kappa shape index (κ2) is 14.5. The molecule has 2 saturated heterocycles. The summed E-state index contributed by atoms with van der Waals surface area (Å²) in [5.41, 5.74) is 2.72. The van der Waals surface area contributed by atoms with Gasteiger partial charge in [0.2, 0.25) is 11.8 Å². The van der Waals surface area contributed by atoms with Gasteiger partial charge >= 0.3 is 6.18 Å².